The predicted molar refractivity (Wildman–Crippen MR) is 97.1 cm³/mol. The molecule has 0 aromatic heterocycles. The van der Waals surface area contributed by atoms with Crippen molar-refractivity contribution in [2.75, 3.05) is 13.6 Å². The minimum Gasteiger partial charge on any atom is -0.481 e. The number of aliphatic carboxylic acids is 1. The summed E-state index contributed by atoms with van der Waals surface area (Å²) >= 11 is 0. The summed E-state index contributed by atoms with van der Waals surface area (Å²) in [5.41, 5.74) is 2.33. The lowest BCUT2D eigenvalue weighted by atomic mass is 9.79. The summed E-state index contributed by atoms with van der Waals surface area (Å²) in [7, 11) is 1.69. The van der Waals surface area contributed by atoms with E-state index >= 15 is 0 Å². The molecule has 134 valence electrons. The molecule has 0 bridgehead atoms. The molecule has 2 rings (SSSR count). The third kappa shape index (κ3) is 3.57. The lowest BCUT2D eigenvalue weighted by Crippen LogP contribution is -2.52. The van der Waals surface area contributed by atoms with Crippen molar-refractivity contribution < 1.29 is 14.7 Å². The molecule has 25 heavy (non-hydrogen) atoms. The number of rotatable bonds is 6. The van der Waals surface area contributed by atoms with Crippen molar-refractivity contribution in [3.8, 4) is 0 Å². The summed E-state index contributed by atoms with van der Waals surface area (Å²) in [4.78, 5) is 26.8. The van der Waals surface area contributed by atoms with E-state index in [9.17, 15) is 14.7 Å². The fourth-order valence-corrected chi connectivity index (χ4v) is 3.37. The molecule has 2 atom stereocenters. The van der Waals surface area contributed by atoms with Gasteiger partial charge in [0.15, 0.2) is 0 Å². The van der Waals surface area contributed by atoms with Gasteiger partial charge in [0.25, 0.3) is 5.91 Å². The second kappa shape index (κ2) is 7.51. The summed E-state index contributed by atoms with van der Waals surface area (Å²) in [6, 6.07) is 4.59. The van der Waals surface area contributed by atoms with E-state index in [0.717, 1.165) is 11.8 Å². The van der Waals surface area contributed by atoms with Crippen LogP contribution in [-0.2, 0) is 4.79 Å². The molecule has 1 amide bonds. The summed E-state index contributed by atoms with van der Waals surface area (Å²) in [5, 5.41) is 20.5. The van der Waals surface area contributed by atoms with Gasteiger partial charge in [0.2, 0.25) is 0 Å². The molecule has 0 saturated carbocycles. The number of carboxylic acids is 1. The van der Waals surface area contributed by atoms with Crippen LogP contribution in [0.5, 0.6) is 0 Å². The fourth-order valence-electron chi connectivity index (χ4n) is 3.37. The van der Waals surface area contributed by atoms with Gasteiger partial charge in [-0.3, -0.25) is 9.59 Å². The lowest BCUT2D eigenvalue weighted by molar-refractivity contribution is -0.140. The molecule has 1 aliphatic heterocycles. The number of amides is 1. The first-order valence-electron chi connectivity index (χ1n) is 8.33. The molecule has 1 aromatic carbocycles. The van der Waals surface area contributed by atoms with E-state index in [1.54, 1.807) is 30.3 Å². The molecule has 6 nitrogen and oxygen atoms in total. The van der Waals surface area contributed by atoms with Crippen molar-refractivity contribution >= 4 is 18.1 Å². The van der Waals surface area contributed by atoms with Crippen LogP contribution in [0.2, 0.25) is 0 Å². The number of carbonyl (C=O) groups excluding carboxylic acids is 1. The van der Waals surface area contributed by atoms with Crippen LogP contribution in [0.3, 0.4) is 0 Å². The Kier molecular flexibility index (Phi) is 5.62. The predicted octanol–water partition coefficient (Wildman–Crippen LogP) is 2.40. The molecule has 0 spiro atoms. The van der Waals surface area contributed by atoms with E-state index in [0.29, 0.717) is 23.2 Å². The van der Waals surface area contributed by atoms with Crippen LogP contribution in [0.1, 0.15) is 41.3 Å². The van der Waals surface area contributed by atoms with E-state index in [1.165, 1.54) is 0 Å². The fraction of sp³-hybridized carbons (Fsp3) is 0.421. The SMILES string of the molecule is CN/C=C(\C=N)C1C(C(=O)O)c2cc(C)ccc2C(=O)N1CC(C)C. The van der Waals surface area contributed by atoms with Crippen molar-refractivity contribution in [3.63, 3.8) is 0 Å². The Labute approximate surface area is 148 Å². The highest BCUT2D eigenvalue weighted by atomic mass is 16.4. The molecule has 2 unspecified atom stereocenters. The molecule has 3 N–H and O–H groups in total. The number of benzene rings is 1. The number of hydrogen-bond donors (Lipinski definition) is 3. The second-order valence-corrected chi connectivity index (χ2v) is 6.78. The van der Waals surface area contributed by atoms with Crippen LogP contribution < -0.4 is 5.32 Å². The minimum absolute atomic E-state index is 0.175. The number of nitrogens with one attached hydrogen (secondary N) is 2. The van der Waals surface area contributed by atoms with Crippen LogP contribution in [0.15, 0.2) is 30.0 Å². The van der Waals surface area contributed by atoms with Gasteiger partial charge in [-0.05, 0) is 24.5 Å². The third-order valence-corrected chi connectivity index (χ3v) is 4.33. The normalized spacial score (nSPS) is 20.4. The highest BCUT2D eigenvalue weighted by Gasteiger charge is 2.45. The Hall–Kier alpha value is -2.63. The average molecular weight is 343 g/mol. The molecular weight excluding hydrogens is 318 g/mol. The van der Waals surface area contributed by atoms with Gasteiger partial charge in [0, 0.05) is 37.1 Å². The summed E-state index contributed by atoms with van der Waals surface area (Å²) in [5.74, 6) is -1.92. The molecule has 1 aliphatic rings. The topological polar surface area (TPSA) is 93.5 Å². The van der Waals surface area contributed by atoms with E-state index in [1.807, 2.05) is 26.8 Å². The zero-order valence-corrected chi connectivity index (χ0v) is 15.0. The van der Waals surface area contributed by atoms with Gasteiger partial charge < -0.3 is 20.7 Å². The van der Waals surface area contributed by atoms with Crippen LogP contribution in [0, 0.1) is 18.3 Å². The van der Waals surface area contributed by atoms with Gasteiger partial charge in [-0.25, -0.2) is 0 Å². The van der Waals surface area contributed by atoms with E-state index in [-0.39, 0.29) is 11.8 Å². The van der Waals surface area contributed by atoms with E-state index in [4.69, 9.17) is 5.41 Å². The van der Waals surface area contributed by atoms with Crippen molar-refractivity contribution in [1.82, 2.24) is 10.2 Å². The van der Waals surface area contributed by atoms with Gasteiger partial charge in [-0.1, -0.05) is 31.5 Å². The zero-order valence-electron chi connectivity index (χ0n) is 15.0. The average Bonchev–Trinajstić information content (AvgIpc) is 2.54. The number of carbonyl (C=O) groups is 2. The van der Waals surface area contributed by atoms with Crippen LogP contribution in [0.4, 0.5) is 0 Å². The molecule has 0 aliphatic carbocycles. The van der Waals surface area contributed by atoms with Gasteiger partial charge in [-0.15, -0.1) is 0 Å². The largest absolute Gasteiger partial charge is 0.481 e. The first kappa shape index (κ1) is 18.7. The maximum absolute atomic E-state index is 13.1. The second-order valence-electron chi connectivity index (χ2n) is 6.78. The van der Waals surface area contributed by atoms with Gasteiger partial charge in [0.1, 0.15) is 5.92 Å². The van der Waals surface area contributed by atoms with Gasteiger partial charge in [-0.2, -0.15) is 0 Å². The third-order valence-electron chi connectivity index (χ3n) is 4.33. The molecule has 6 heteroatoms. The highest BCUT2D eigenvalue weighted by molar-refractivity contribution is 6.02. The monoisotopic (exact) mass is 343 g/mol. The first-order chi connectivity index (χ1) is 11.8. The number of carboxylic acid groups (broad SMARTS) is 1. The highest BCUT2D eigenvalue weighted by Crippen LogP contribution is 2.37. The van der Waals surface area contributed by atoms with E-state index < -0.39 is 17.9 Å². The van der Waals surface area contributed by atoms with Gasteiger partial charge >= 0.3 is 5.97 Å². The minimum atomic E-state index is -0.998. The van der Waals surface area contributed by atoms with Gasteiger partial charge in [0.05, 0.1) is 6.04 Å². The number of aryl methyl sites for hydroxylation is 1. The molecule has 0 fully saturated rings. The summed E-state index contributed by atoms with van der Waals surface area (Å²) < 4.78 is 0. The molecule has 0 saturated heterocycles. The maximum atomic E-state index is 13.1. The maximum Gasteiger partial charge on any atom is 0.313 e. The Morgan fingerprint density at radius 2 is 2.12 bits per heavy atom. The van der Waals surface area contributed by atoms with Crippen molar-refractivity contribution in [2.24, 2.45) is 5.92 Å². The smallest absolute Gasteiger partial charge is 0.313 e. The molecular formula is C19H25N3O3. The van der Waals surface area contributed by atoms with Crippen LogP contribution >= 0.6 is 0 Å². The summed E-state index contributed by atoms with van der Waals surface area (Å²) in [6.07, 6.45) is 2.72. The Bertz CT molecular complexity index is 725. The zero-order chi connectivity index (χ0) is 18.7. The van der Waals surface area contributed by atoms with Crippen LogP contribution in [-0.4, -0.2) is 47.7 Å². The Morgan fingerprint density at radius 1 is 1.44 bits per heavy atom. The molecule has 1 aromatic rings. The lowest BCUT2D eigenvalue weighted by Gasteiger charge is -2.42. The first-order valence-corrected chi connectivity index (χ1v) is 8.33. The number of nitrogens with zero attached hydrogens (tertiary/aromatic N) is 1. The van der Waals surface area contributed by atoms with Crippen molar-refractivity contribution in [1.29, 1.82) is 5.41 Å². The van der Waals surface area contributed by atoms with E-state index in [2.05, 4.69) is 5.32 Å². The summed E-state index contributed by atoms with van der Waals surface area (Å²) in [6.45, 7) is 6.27. The number of hydrogen-bond acceptors (Lipinski definition) is 4. The Balaban J connectivity index is 2.73. The van der Waals surface area contributed by atoms with Crippen molar-refractivity contribution in [2.45, 2.75) is 32.7 Å². The van der Waals surface area contributed by atoms with Crippen LogP contribution in [0.25, 0.3) is 0 Å². The van der Waals surface area contributed by atoms with Crippen molar-refractivity contribution in [3.05, 3.63) is 46.7 Å². The Morgan fingerprint density at radius 3 is 2.64 bits per heavy atom. The standard InChI is InChI=1S/C19H25N3O3/c1-11(2)10-22-17(13(8-20)9-21-4)16(19(24)25)15-7-12(3)5-6-14(15)18(22)23/h5-9,11,16-17,20-21H,10H2,1-4H3,(H,24,25)/b13-9+,20-8?. The molecule has 1 heterocycles. The quantitative estimate of drug-likeness (QED) is 0.691. The molecule has 0 radical (unpaired) electrons. The number of fused-ring (bicyclic) bond motifs is 1.